The Balaban J connectivity index is 1.47. The van der Waals surface area contributed by atoms with Crippen LogP contribution in [0.4, 0.5) is 5.69 Å². The molecule has 0 radical (unpaired) electrons. The molecule has 2 heterocycles. The summed E-state index contributed by atoms with van der Waals surface area (Å²) in [6.07, 6.45) is 0. The molecule has 0 saturated heterocycles. The molecule has 0 atom stereocenters. The summed E-state index contributed by atoms with van der Waals surface area (Å²) in [5.74, 6) is -1.86. The van der Waals surface area contributed by atoms with Gasteiger partial charge in [0, 0.05) is 40.1 Å². The van der Waals surface area contributed by atoms with Crippen molar-refractivity contribution in [3.8, 4) is 11.1 Å². The summed E-state index contributed by atoms with van der Waals surface area (Å²) in [7, 11) is 1.42. The maximum Gasteiger partial charge on any atom is 0.265 e. The van der Waals surface area contributed by atoms with Crippen molar-refractivity contribution in [3.05, 3.63) is 101 Å². The quantitative estimate of drug-likeness (QED) is 0.413. The van der Waals surface area contributed by atoms with Crippen molar-refractivity contribution in [2.45, 2.75) is 6.92 Å². The number of rotatable bonds is 2. The zero-order valence-corrected chi connectivity index (χ0v) is 18.5. The Morgan fingerprint density at radius 1 is 0.500 bits per heavy atom. The summed E-state index contributed by atoms with van der Waals surface area (Å²) < 4.78 is 0. The van der Waals surface area contributed by atoms with Crippen LogP contribution in [0.25, 0.3) is 21.9 Å². The van der Waals surface area contributed by atoms with Crippen LogP contribution in [0.3, 0.4) is 0 Å². The lowest BCUT2D eigenvalue weighted by atomic mass is 9.86. The molecule has 0 bridgehead atoms. The largest absolute Gasteiger partial charge is 0.277 e. The van der Waals surface area contributed by atoms with E-state index < -0.39 is 23.6 Å². The van der Waals surface area contributed by atoms with E-state index in [1.165, 1.54) is 12.6 Å². The first-order valence-corrected chi connectivity index (χ1v) is 10.8. The second kappa shape index (κ2) is 6.96. The molecule has 0 unspecified atom stereocenters. The van der Waals surface area contributed by atoms with Crippen molar-refractivity contribution < 1.29 is 19.2 Å². The van der Waals surface area contributed by atoms with Gasteiger partial charge in [-0.15, -0.1) is 0 Å². The van der Waals surface area contributed by atoms with Gasteiger partial charge in [0.1, 0.15) is 0 Å². The van der Waals surface area contributed by atoms with Gasteiger partial charge in [-0.1, -0.05) is 42.0 Å². The highest BCUT2D eigenvalue weighted by molar-refractivity contribution is 6.39. The van der Waals surface area contributed by atoms with Gasteiger partial charge >= 0.3 is 0 Å². The fourth-order valence-electron chi connectivity index (χ4n) is 4.78. The number of carbonyl (C=O) groups is 4. The van der Waals surface area contributed by atoms with Gasteiger partial charge < -0.3 is 0 Å². The van der Waals surface area contributed by atoms with Crippen LogP contribution >= 0.6 is 0 Å². The van der Waals surface area contributed by atoms with E-state index in [-0.39, 0.29) is 0 Å². The Labute approximate surface area is 195 Å². The van der Waals surface area contributed by atoms with Gasteiger partial charge in [-0.3, -0.25) is 24.1 Å². The van der Waals surface area contributed by atoms with E-state index in [4.69, 9.17) is 0 Å². The van der Waals surface area contributed by atoms with Gasteiger partial charge in [0.25, 0.3) is 23.6 Å². The topological polar surface area (TPSA) is 74.8 Å². The molecule has 4 aromatic rings. The number of anilines is 1. The first-order chi connectivity index (χ1) is 16.4. The van der Waals surface area contributed by atoms with Crippen molar-refractivity contribution >= 4 is 40.1 Å². The first kappa shape index (κ1) is 20.1. The number of hydrogen-bond donors (Lipinski definition) is 0. The minimum atomic E-state index is -0.483. The highest BCUT2D eigenvalue weighted by atomic mass is 16.2. The predicted octanol–water partition coefficient (Wildman–Crippen LogP) is 4.84. The second-order valence-electron chi connectivity index (χ2n) is 8.60. The lowest BCUT2D eigenvalue weighted by Crippen LogP contribution is -2.42. The predicted molar refractivity (Wildman–Crippen MR) is 128 cm³/mol. The van der Waals surface area contributed by atoms with E-state index in [0.29, 0.717) is 38.7 Å². The van der Waals surface area contributed by atoms with Gasteiger partial charge in [0.05, 0.1) is 5.69 Å². The van der Waals surface area contributed by atoms with Crippen LogP contribution in [0.2, 0.25) is 0 Å². The van der Waals surface area contributed by atoms with Gasteiger partial charge in [-0.25, -0.2) is 4.90 Å². The van der Waals surface area contributed by atoms with Crippen molar-refractivity contribution in [1.82, 2.24) is 4.90 Å². The molecular weight excluding hydrogens is 428 g/mol. The molecule has 6 heteroatoms. The highest BCUT2D eigenvalue weighted by Gasteiger charge is 2.39. The van der Waals surface area contributed by atoms with E-state index >= 15 is 0 Å². The van der Waals surface area contributed by atoms with Crippen molar-refractivity contribution in [2.75, 3.05) is 11.9 Å². The summed E-state index contributed by atoms with van der Waals surface area (Å²) in [6, 6.07) is 21.6. The highest BCUT2D eigenvalue weighted by Crippen LogP contribution is 2.39. The third-order valence-electron chi connectivity index (χ3n) is 6.61. The zero-order valence-electron chi connectivity index (χ0n) is 18.5. The van der Waals surface area contributed by atoms with E-state index in [2.05, 4.69) is 0 Å². The van der Waals surface area contributed by atoms with E-state index in [9.17, 15) is 19.2 Å². The summed E-state index contributed by atoms with van der Waals surface area (Å²) in [5, 5.41) is 0.742. The molecule has 0 N–H and O–H groups in total. The standard InChI is InChI=1S/C28H18N2O4/c1-15-3-5-16(6-4-15)17-7-9-18(10-8-17)30-27(33)21-13-11-19-23-20(26(32)29(2)25(19)31)12-14-22(24(21)23)28(30)34/h3-14H,1-2H3. The molecule has 2 aliphatic rings. The Hall–Kier alpha value is -4.58. The van der Waals surface area contributed by atoms with Crippen LogP contribution in [-0.4, -0.2) is 35.6 Å². The van der Waals surface area contributed by atoms with Crippen LogP contribution in [0.5, 0.6) is 0 Å². The number of nitrogens with zero attached hydrogens (tertiary/aromatic N) is 2. The minimum absolute atomic E-state index is 0.294. The van der Waals surface area contributed by atoms with Crippen LogP contribution in [0.15, 0.2) is 72.8 Å². The Morgan fingerprint density at radius 3 is 1.32 bits per heavy atom. The Morgan fingerprint density at radius 2 is 0.882 bits per heavy atom. The smallest absolute Gasteiger partial charge is 0.265 e. The van der Waals surface area contributed by atoms with Crippen molar-refractivity contribution in [2.24, 2.45) is 0 Å². The monoisotopic (exact) mass is 446 g/mol. The average Bonchev–Trinajstić information content (AvgIpc) is 2.85. The maximum absolute atomic E-state index is 13.5. The molecular formula is C28H18N2O4. The summed E-state index contributed by atoms with van der Waals surface area (Å²) in [4.78, 5) is 54.5. The molecule has 2 aliphatic heterocycles. The van der Waals surface area contributed by atoms with Gasteiger partial charge in [-0.2, -0.15) is 0 Å². The van der Waals surface area contributed by atoms with Crippen molar-refractivity contribution in [1.29, 1.82) is 0 Å². The number of aryl methyl sites for hydroxylation is 1. The molecule has 6 rings (SSSR count). The average molecular weight is 446 g/mol. The fourth-order valence-corrected chi connectivity index (χ4v) is 4.78. The van der Waals surface area contributed by atoms with Crippen molar-refractivity contribution in [3.63, 3.8) is 0 Å². The summed E-state index contributed by atoms with van der Waals surface area (Å²) in [6.45, 7) is 2.03. The van der Waals surface area contributed by atoms with E-state index in [1.54, 1.807) is 36.4 Å². The van der Waals surface area contributed by atoms with E-state index in [0.717, 1.165) is 20.9 Å². The van der Waals surface area contributed by atoms with Crippen LogP contribution in [0, 0.1) is 6.92 Å². The molecule has 0 fully saturated rings. The molecule has 34 heavy (non-hydrogen) atoms. The molecule has 4 amide bonds. The summed E-state index contributed by atoms with van der Waals surface area (Å²) >= 11 is 0. The Kier molecular flexibility index (Phi) is 4.10. The second-order valence-corrected chi connectivity index (χ2v) is 8.60. The third kappa shape index (κ3) is 2.62. The number of amides is 4. The normalized spacial score (nSPS) is 14.9. The van der Waals surface area contributed by atoms with Crippen LogP contribution in [-0.2, 0) is 0 Å². The number of imide groups is 2. The number of carbonyl (C=O) groups excluding carboxylic acids is 4. The number of benzene rings is 4. The SMILES string of the molecule is Cc1ccc(-c2ccc(N3C(=O)c4ccc5c6c(ccc(c46)C3=O)C(=O)N(C)C5=O)cc2)cc1. The van der Waals surface area contributed by atoms with Gasteiger partial charge in [0.2, 0.25) is 0 Å². The lowest BCUT2D eigenvalue weighted by molar-refractivity contribution is 0.0649. The molecule has 164 valence electrons. The Bertz CT molecular complexity index is 1510. The van der Waals surface area contributed by atoms with Crippen LogP contribution < -0.4 is 4.90 Å². The van der Waals surface area contributed by atoms with Gasteiger partial charge in [0.15, 0.2) is 0 Å². The van der Waals surface area contributed by atoms with Crippen LogP contribution in [0.1, 0.15) is 47.0 Å². The van der Waals surface area contributed by atoms with E-state index in [1.807, 2.05) is 43.3 Å². The van der Waals surface area contributed by atoms with Gasteiger partial charge in [-0.05, 0) is 54.4 Å². The third-order valence-corrected chi connectivity index (χ3v) is 6.61. The fraction of sp³-hybridized carbons (Fsp3) is 0.0714. The first-order valence-electron chi connectivity index (χ1n) is 10.8. The lowest BCUT2D eigenvalue weighted by Gasteiger charge is -2.30. The molecule has 6 nitrogen and oxygen atoms in total. The minimum Gasteiger partial charge on any atom is -0.277 e. The number of hydrogen-bond acceptors (Lipinski definition) is 4. The molecule has 4 aromatic carbocycles. The molecule has 0 aromatic heterocycles. The summed E-state index contributed by atoms with van der Waals surface area (Å²) in [5.41, 5.74) is 4.85. The molecule has 0 spiro atoms. The molecule has 0 aliphatic carbocycles. The molecule has 0 saturated carbocycles. The zero-order chi connectivity index (χ0) is 23.7. The maximum atomic E-state index is 13.5.